The molecule has 0 saturated carbocycles. The highest BCUT2D eigenvalue weighted by Crippen LogP contribution is 2.31. The Hall–Kier alpha value is -3.39. The van der Waals surface area contributed by atoms with Crippen molar-refractivity contribution in [3.05, 3.63) is 64.2 Å². The summed E-state index contributed by atoms with van der Waals surface area (Å²) in [7, 11) is 0. The number of amides is 3. The van der Waals surface area contributed by atoms with Crippen LogP contribution in [0.1, 0.15) is 27.9 Å². The molecule has 31 heavy (non-hydrogen) atoms. The van der Waals surface area contributed by atoms with Gasteiger partial charge in [0.15, 0.2) is 6.61 Å². The number of benzene rings is 2. The highest BCUT2D eigenvalue weighted by atomic mass is 35.5. The first-order chi connectivity index (χ1) is 14.8. The second kappa shape index (κ2) is 9.61. The normalized spacial score (nSPS) is 15.5. The Kier molecular flexibility index (Phi) is 6.91. The molecular weight excluding hydrogens is 422 g/mol. The Morgan fingerprint density at radius 3 is 2.35 bits per heavy atom. The molecular formula is C22H22ClN3O5. The number of aryl methyl sites for hydroxylation is 2. The minimum atomic E-state index is -0.702. The van der Waals surface area contributed by atoms with Crippen LogP contribution in [-0.2, 0) is 19.1 Å². The minimum Gasteiger partial charge on any atom is -0.455 e. The van der Waals surface area contributed by atoms with E-state index in [9.17, 15) is 19.2 Å². The lowest BCUT2D eigenvalue weighted by Gasteiger charge is -2.21. The third kappa shape index (κ3) is 5.40. The molecule has 0 spiro atoms. The average molecular weight is 444 g/mol. The van der Waals surface area contributed by atoms with Crippen LogP contribution in [0.3, 0.4) is 0 Å². The lowest BCUT2D eigenvalue weighted by molar-refractivity contribution is -0.152. The lowest BCUT2D eigenvalue weighted by Crippen LogP contribution is -2.43. The zero-order valence-corrected chi connectivity index (χ0v) is 17.9. The van der Waals surface area contributed by atoms with Gasteiger partial charge in [0.2, 0.25) is 5.91 Å². The van der Waals surface area contributed by atoms with Crippen LogP contribution in [0.2, 0.25) is 5.02 Å². The molecule has 1 atom stereocenters. The van der Waals surface area contributed by atoms with E-state index in [0.717, 1.165) is 16.8 Å². The molecule has 1 aliphatic rings. The molecule has 1 fully saturated rings. The van der Waals surface area contributed by atoms with Crippen molar-refractivity contribution in [1.29, 1.82) is 0 Å². The molecule has 2 N–H and O–H groups in total. The molecule has 0 aromatic heterocycles. The molecule has 0 radical (unpaired) electrons. The van der Waals surface area contributed by atoms with E-state index in [1.807, 2.05) is 32.0 Å². The zero-order valence-electron chi connectivity index (χ0n) is 17.1. The maximum atomic E-state index is 12.4. The fourth-order valence-electron chi connectivity index (χ4n) is 3.40. The van der Waals surface area contributed by atoms with Crippen LogP contribution in [0.5, 0.6) is 0 Å². The Morgan fingerprint density at radius 2 is 1.71 bits per heavy atom. The van der Waals surface area contributed by atoms with Crippen LogP contribution < -0.4 is 15.8 Å². The highest BCUT2D eigenvalue weighted by molar-refractivity contribution is 6.30. The summed E-state index contributed by atoms with van der Waals surface area (Å²) in [5, 5.41) is 0.481. The zero-order chi connectivity index (χ0) is 22.5. The molecule has 2 aromatic rings. The quantitative estimate of drug-likeness (QED) is 0.545. The summed E-state index contributed by atoms with van der Waals surface area (Å²) in [6, 6.07) is 11.8. The van der Waals surface area contributed by atoms with E-state index in [2.05, 4.69) is 10.9 Å². The van der Waals surface area contributed by atoms with Gasteiger partial charge in [-0.2, -0.15) is 0 Å². The lowest BCUT2D eigenvalue weighted by atomic mass is 10.1. The summed E-state index contributed by atoms with van der Waals surface area (Å²) in [5.74, 6) is -2.71. The average Bonchev–Trinajstić information content (AvgIpc) is 3.12. The molecule has 9 heteroatoms. The van der Waals surface area contributed by atoms with Crippen molar-refractivity contribution in [2.75, 3.05) is 18.1 Å². The van der Waals surface area contributed by atoms with Crippen LogP contribution in [-0.4, -0.2) is 36.8 Å². The Labute approximate surface area is 184 Å². The largest absolute Gasteiger partial charge is 0.455 e. The number of nitrogens with one attached hydrogen (secondary N) is 2. The number of para-hydroxylation sites is 1. The predicted octanol–water partition coefficient (Wildman–Crippen LogP) is 2.31. The number of carbonyl (C=O) groups excluding carboxylic acids is 4. The predicted molar refractivity (Wildman–Crippen MR) is 114 cm³/mol. The van der Waals surface area contributed by atoms with Crippen molar-refractivity contribution < 1.29 is 23.9 Å². The second-order valence-electron chi connectivity index (χ2n) is 7.26. The topological polar surface area (TPSA) is 105 Å². The van der Waals surface area contributed by atoms with Crippen LogP contribution >= 0.6 is 11.6 Å². The SMILES string of the molecule is Cc1cccc(C)c1N1C[C@H](C(=O)OCC(=O)NNC(=O)c2ccc(Cl)cc2)CC1=O. The van der Waals surface area contributed by atoms with E-state index in [0.29, 0.717) is 10.6 Å². The standard InChI is InChI=1S/C22H22ClN3O5/c1-13-4-3-5-14(2)20(13)26-11-16(10-19(26)28)22(30)31-12-18(27)24-25-21(29)15-6-8-17(23)9-7-15/h3-9,16H,10-12H2,1-2H3,(H,24,27)(H,25,29)/t16-/m1/s1. The van der Waals surface area contributed by atoms with Gasteiger partial charge in [0.1, 0.15) is 0 Å². The number of rotatable bonds is 5. The van der Waals surface area contributed by atoms with Gasteiger partial charge in [0.25, 0.3) is 11.8 Å². The fraction of sp³-hybridized carbons (Fsp3) is 0.273. The van der Waals surface area contributed by atoms with Gasteiger partial charge in [-0.15, -0.1) is 0 Å². The van der Waals surface area contributed by atoms with Crippen molar-refractivity contribution in [2.45, 2.75) is 20.3 Å². The fourth-order valence-corrected chi connectivity index (χ4v) is 3.53. The molecule has 162 valence electrons. The number of halogens is 1. The van der Waals surface area contributed by atoms with Crippen molar-refractivity contribution in [3.8, 4) is 0 Å². The molecule has 2 aromatic carbocycles. The van der Waals surface area contributed by atoms with E-state index < -0.39 is 30.3 Å². The molecule has 3 amide bonds. The Balaban J connectivity index is 1.48. The maximum absolute atomic E-state index is 12.4. The number of ether oxygens (including phenoxy) is 1. The summed E-state index contributed by atoms with van der Waals surface area (Å²) in [6.45, 7) is 3.43. The molecule has 8 nitrogen and oxygen atoms in total. The first-order valence-electron chi connectivity index (χ1n) is 9.64. The van der Waals surface area contributed by atoms with Crippen LogP contribution in [0.25, 0.3) is 0 Å². The Bertz CT molecular complexity index is 1000. The summed E-state index contributed by atoms with van der Waals surface area (Å²) >= 11 is 5.76. The number of nitrogens with zero attached hydrogens (tertiary/aromatic N) is 1. The van der Waals surface area contributed by atoms with Gasteiger partial charge in [-0.3, -0.25) is 30.0 Å². The van der Waals surface area contributed by atoms with Gasteiger partial charge >= 0.3 is 5.97 Å². The van der Waals surface area contributed by atoms with Crippen LogP contribution in [0.15, 0.2) is 42.5 Å². The van der Waals surface area contributed by atoms with Gasteiger partial charge in [-0.1, -0.05) is 29.8 Å². The Morgan fingerprint density at radius 1 is 1.06 bits per heavy atom. The van der Waals surface area contributed by atoms with Crippen LogP contribution in [0, 0.1) is 19.8 Å². The number of anilines is 1. The van der Waals surface area contributed by atoms with Crippen molar-refractivity contribution >= 4 is 41.0 Å². The van der Waals surface area contributed by atoms with E-state index in [4.69, 9.17) is 16.3 Å². The maximum Gasteiger partial charge on any atom is 0.311 e. The van der Waals surface area contributed by atoms with Crippen LogP contribution in [0.4, 0.5) is 5.69 Å². The van der Waals surface area contributed by atoms with E-state index >= 15 is 0 Å². The summed E-state index contributed by atoms with van der Waals surface area (Å²) in [4.78, 5) is 50.2. The molecule has 1 aliphatic heterocycles. The molecule has 0 aliphatic carbocycles. The van der Waals surface area contributed by atoms with E-state index in [1.165, 1.54) is 12.1 Å². The third-order valence-corrected chi connectivity index (χ3v) is 5.19. The summed E-state index contributed by atoms with van der Waals surface area (Å²) in [6.07, 6.45) is 0.0154. The summed E-state index contributed by atoms with van der Waals surface area (Å²) in [5.41, 5.74) is 7.38. The first kappa shape index (κ1) is 22.3. The highest BCUT2D eigenvalue weighted by Gasteiger charge is 2.37. The molecule has 1 saturated heterocycles. The van der Waals surface area contributed by atoms with Gasteiger partial charge in [-0.05, 0) is 49.2 Å². The second-order valence-corrected chi connectivity index (χ2v) is 7.70. The smallest absolute Gasteiger partial charge is 0.311 e. The van der Waals surface area contributed by atoms with Gasteiger partial charge < -0.3 is 9.64 Å². The minimum absolute atomic E-state index is 0.0154. The summed E-state index contributed by atoms with van der Waals surface area (Å²) < 4.78 is 5.04. The van der Waals surface area contributed by atoms with E-state index in [1.54, 1.807) is 17.0 Å². The number of hydrogen-bond donors (Lipinski definition) is 2. The molecule has 0 bridgehead atoms. The van der Waals surface area contributed by atoms with Crippen molar-refractivity contribution in [3.63, 3.8) is 0 Å². The molecule has 3 rings (SSSR count). The van der Waals surface area contributed by atoms with Crippen molar-refractivity contribution in [1.82, 2.24) is 10.9 Å². The molecule has 1 heterocycles. The number of hydrogen-bond acceptors (Lipinski definition) is 5. The monoisotopic (exact) mass is 443 g/mol. The number of hydrazine groups is 1. The molecule has 0 unspecified atom stereocenters. The van der Waals surface area contributed by atoms with Crippen molar-refractivity contribution in [2.24, 2.45) is 5.92 Å². The first-order valence-corrected chi connectivity index (χ1v) is 10.0. The van der Waals surface area contributed by atoms with Gasteiger partial charge in [0, 0.05) is 29.2 Å². The van der Waals surface area contributed by atoms with Gasteiger partial charge in [-0.25, -0.2) is 0 Å². The van der Waals surface area contributed by atoms with Gasteiger partial charge in [0.05, 0.1) is 5.92 Å². The van der Waals surface area contributed by atoms with E-state index in [-0.39, 0.29) is 18.9 Å². The number of esters is 1. The number of carbonyl (C=O) groups is 4. The third-order valence-electron chi connectivity index (χ3n) is 4.94.